The molecule has 0 saturated heterocycles. The molecule has 1 aromatic rings. The van der Waals surface area contributed by atoms with Gasteiger partial charge in [-0.15, -0.1) is 0 Å². The Hall–Kier alpha value is -1.22. The quantitative estimate of drug-likeness (QED) is 0.493. The van der Waals surface area contributed by atoms with Crippen LogP contribution in [0, 0.1) is 0 Å². The Morgan fingerprint density at radius 1 is 1.42 bits per heavy atom. The number of nitrogens with two attached hydrogens (primary N) is 1. The van der Waals surface area contributed by atoms with Crippen LogP contribution in [0.15, 0.2) is 12.1 Å². The number of fused-ring (bicyclic) bond motifs is 1. The number of nitrogen functional groups attached to an aromatic ring is 1. The van der Waals surface area contributed by atoms with Gasteiger partial charge in [-0.25, -0.2) is 0 Å². The third-order valence-electron chi connectivity index (χ3n) is 2.21. The minimum absolute atomic E-state index is 0.317. The van der Waals surface area contributed by atoms with Crippen molar-refractivity contribution in [2.45, 2.75) is 13.0 Å². The maximum absolute atomic E-state index is 9.52. The SMILES string of the molecule is Nc1cc(O)c2c(c1)CCNC2. The highest BCUT2D eigenvalue weighted by Gasteiger charge is 2.12. The molecule has 0 unspecified atom stereocenters. The van der Waals surface area contributed by atoms with Crippen molar-refractivity contribution in [3.63, 3.8) is 0 Å². The maximum atomic E-state index is 9.52. The zero-order valence-corrected chi connectivity index (χ0v) is 6.80. The van der Waals surface area contributed by atoms with Gasteiger partial charge < -0.3 is 16.2 Å². The first-order valence-electron chi connectivity index (χ1n) is 4.08. The van der Waals surface area contributed by atoms with E-state index in [1.807, 2.05) is 6.07 Å². The van der Waals surface area contributed by atoms with Crippen molar-refractivity contribution in [1.82, 2.24) is 5.32 Å². The van der Waals surface area contributed by atoms with E-state index in [0.717, 1.165) is 25.1 Å². The van der Waals surface area contributed by atoms with Crippen LogP contribution in [-0.2, 0) is 13.0 Å². The van der Waals surface area contributed by atoms with Gasteiger partial charge in [0.2, 0.25) is 0 Å². The van der Waals surface area contributed by atoms with E-state index in [1.165, 1.54) is 5.56 Å². The van der Waals surface area contributed by atoms with Gasteiger partial charge in [0, 0.05) is 23.9 Å². The molecule has 3 heteroatoms. The van der Waals surface area contributed by atoms with E-state index in [4.69, 9.17) is 5.73 Å². The molecular weight excluding hydrogens is 152 g/mol. The monoisotopic (exact) mass is 164 g/mol. The highest BCUT2D eigenvalue weighted by Crippen LogP contribution is 2.26. The first kappa shape index (κ1) is 7.43. The van der Waals surface area contributed by atoms with E-state index in [-0.39, 0.29) is 0 Å². The third-order valence-corrected chi connectivity index (χ3v) is 2.21. The predicted octanol–water partition coefficient (Wildman–Crippen LogP) is 0.620. The summed E-state index contributed by atoms with van der Waals surface area (Å²) < 4.78 is 0. The van der Waals surface area contributed by atoms with Crippen molar-refractivity contribution in [1.29, 1.82) is 0 Å². The standard InChI is InChI=1S/C9H12N2O/c10-7-3-6-1-2-11-5-8(6)9(12)4-7/h3-4,11-12H,1-2,5,10H2. The highest BCUT2D eigenvalue weighted by molar-refractivity contribution is 5.53. The summed E-state index contributed by atoms with van der Waals surface area (Å²) >= 11 is 0. The van der Waals surface area contributed by atoms with Crippen molar-refractivity contribution in [2.75, 3.05) is 12.3 Å². The van der Waals surface area contributed by atoms with Crippen LogP contribution in [0.2, 0.25) is 0 Å². The zero-order chi connectivity index (χ0) is 8.55. The van der Waals surface area contributed by atoms with E-state index in [2.05, 4.69) is 5.32 Å². The molecule has 2 rings (SSSR count). The average molecular weight is 164 g/mol. The molecule has 0 spiro atoms. The Morgan fingerprint density at radius 3 is 3.08 bits per heavy atom. The predicted molar refractivity (Wildman–Crippen MR) is 47.9 cm³/mol. The number of hydrogen-bond donors (Lipinski definition) is 3. The first-order chi connectivity index (χ1) is 5.77. The number of nitrogens with one attached hydrogen (secondary N) is 1. The molecule has 0 atom stereocenters. The molecule has 0 aromatic heterocycles. The van der Waals surface area contributed by atoms with E-state index < -0.39 is 0 Å². The molecule has 0 saturated carbocycles. The van der Waals surface area contributed by atoms with E-state index >= 15 is 0 Å². The number of anilines is 1. The van der Waals surface area contributed by atoms with Gasteiger partial charge >= 0.3 is 0 Å². The largest absolute Gasteiger partial charge is 0.508 e. The molecule has 3 nitrogen and oxygen atoms in total. The van der Waals surface area contributed by atoms with Gasteiger partial charge in [-0.2, -0.15) is 0 Å². The second-order valence-electron chi connectivity index (χ2n) is 3.10. The van der Waals surface area contributed by atoms with Gasteiger partial charge in [0.05, 0.1) is 0 Å². The van der Waals surface area contributed by atoms with Crippen LogP contribution in [0.1, 0.15) is 11.1 Å². The maximum Gasteiger partial charge on any atom is 0.122 e. The molecule has 1 aliphatic heterocycles. The smallest absolute Gasteiger partial charge is 0.122 e. The number of aromatic hydroxyl groups is 1. The van der Waals surface area contributed by atoms with Crippen molar-refractivity contribution in [2.24, 2.45) is 0 Å². The van der Waals surface area contributed by atoms with Crippen LogP contribution in [0.4, 0.5) is 5.69 Å². The van der Waals surface area contributed by atoms with Gasteiger partial charge in [0.1, 0.15) is 5.75 Å². The lowest BCUT2D eigenvalue weighted by Crippen LogP contribution is -2.23. The number of rotatable bonds is 0. The summed E-state index contributed by atoms with van der Waals surface area (Å²) in [6.07, 6.45) is 0.952. The molecule has 0 fully saturated rings. The normalized spacial score (nSPS) is 15.7. The fourth-order valence-corrected chi connectivity index (χ4v) is 1.60. The molecule has 64 valence electrons. The molecule has 0 amide bonds. The average Bonchev–Trinajstić information content (AvgIpc) is 2.04. The minimum atomic E-state index is 0.317. The molecular formula is C9H12N2O. The first-order valence-corrected chi connectivity index (χ1v) is 4.08. The second-order valence-corrected chi connectivity index (χ2v) is 3.10. The summed E-state index contributed by atoms with van der Waals surface area (Å²) in [6, 6.07) is 3.54. The van der Waals surface area contributed by atoms with E-state index in [9.17, 15) is 5.11 Å². The Morgan fingerprint density at radius 2 is 2.25 bits per heavy atom. The van der Waals surface area contributed by atoms with Crippen molar-refractivity contribution >= 4 is 5.69 Å². The lowest BCUT2D eigenvalue weighted by Gasteiger charge is -2.18. The minimum Gasteiger partial charge on any atom is -0.508 e. The summed E-state index contributed by atoms with van der Waals surface area (Å²) in [7, 11) is 0. The summed E-state index contributed by atoms with van der Waals surface area (Å²) in [5, 5.41) is 12.7. The Kier molecular flexibility index (Phi) is 1.66. The van der Waals surface area contributed by atoms with Crippen molar-refractivity contribution in [3.8, 4) is 5.75 Å². The highest BCUT2D eigenvalue weighted by atomic mass is 16.3. The molecule has 1 aromatic carbocycles. The fraction of sp³-hybridized carbons (Fsp3) is 0.333. The summed E-state index contributed by atoms with van der Waals surface area (Å²) in [5.74, 6) is 0.317. The van der Waals surface area contributed by atoms with E-state index in [0.29, 0.717) is 11.4 Å². The number of phenols is 1. The van der Waals surface area contributed by atoms with Crippen molar-refractivity contribution in [3.05, 3.63) is 23.3 Å². The van der Waals surface area contributed by atoms with Crippen LogP contribution in [0.3, 0.4) is 0 Å². The summed E-state index contributed by atoms with van der Waals surface area (Å²) in [6.45, 7) is 1.72. The van der Waals surface area contributed by atoms with Crippen LogP contribution < -0.4 is 11.1 Å². The molecule has 0 bridgehead atoms. The van der Waals surface area contributed by atoms with Gasteiger partial charge in [-0.3, -0.25) is 0 Å². The zero-order valence-electron chi connectivity index (χ0n) is 6.80. The lowest BCUT2D eigenvalue weighted by atomic mass is 9.99. The Bertz CT molecular complexity index is 310. The summed E-state index contributed by atoms with van der Waals surface area (Å²) in [4.78, 5) is 0. The van der Waals surface area contributed by atoms with Crippen LogP contribution in [0.5, 0.6) is 5.75 Å². The molecule has 0 aliphatic carbocycles. The molecule has 1 heterocycles. The molecule has 4 N–H and O–H groups in total. The Balaban J connectivity index is 2.53. The van der Waals surface area contributed by atoms with E-state index in [1.54, 1.807) is 6.07 Å². The summed E-state index contributed by atoms with van der Waals surface area (Å²) in [5.41, 5.74) is 8.42. The topological polar surface area (TPSA) is 58.3 Å². The van der Waals surface area contributed by atoms with Crippen LogP contribution in [-0.4, -0.2) is 11.7 Å². The van der Waals surface area contributed by atoms with Gasteiger partial charge in [-0.1, -0.05) is 0 Å². The van der Waals surface area contributed by atoms with Gasteiger partial charge in [0.25, 0.3) is 0 Å². The Labute approximate surface area is 71.2 Å². The third kappa shape index (κ3) is 1.12. The van der Waals surface area contributed by atoms with Crippen LogP contribution in [0.25, 0.3) is 0 Å². The molecule has 0 radical (unpaired) electrons. The number of phenolic OH excluding ortho intramolecular Hbond substituents is 1. The lowest BCUT2D eigenvalue weighted by molar-refractivity contribution is 0.459. The second kappa shape index (κ2) is 2.68. The number of benzene rings is 1. The molecule has 1 aliphatic rings. The fourth-order valence-electron chi connectivity index (χ4n) is 1.60. The van der Waals surface area contributed by atoms with Crippen molar-refractivity contribution < 1.29 is 5.11 Å². The van der Waals surface area contributed by atoms with Gasteiger partial charge in [0.15, 0.2) is 0 Å². The van der Waals surface area contributed by atoms with Gasteiger partial charge in [-0.05, 0) is 24.6 Å². The number of hydrogen-bond acceptors (Lipinski definition) is 3. The molecule has 12 heavy (non-hydrogen) atoms. The van der Waals surface area contributed by atoms with Crippen LogP contribution >= 0.6 is 0 Å².